The van der Waals surface area contributed by atoms with Gasteiger partial charge in [0.15, 0.2) is 0 Å². The summed E-state index contributed by atoms with van der Waals surface area (Å²) in [7, 11) is 4.30. The fourth-order valence-corrected chi connectivity index (χ4v) is 4.61. The average Bonchev–Trinajstić information content (AvgIpc) is 2.77. The van der Waals surface area contributed by atoms with Crippen molar-refractivity contribution in [2.75, 3.05) is 45.2 Å². The monoisotopic (exact) mass is 407 g/mol. The first-order valence-electron chi connectivity index (χ1n) is 11.1. The number of nitrogens with zero attached hydrogens (tertiary/aromatic N) is 5. The van der Waals surface area contributed by atoms with Gasteiger partial charge in [0.05, 0.1) is 12.2 Å². The molecule has 2 aliphatic rings. The summed E-state index contributed by atoms with van der Waals surface area (Å²) in [6.07, 6.45) is 4.12. The Labute approximate surface area is 179 Å². The summed E-state index contributed by atoms with van der Waals surface area (Å²) in [6.45, 7) is 6.07. The van der Waals surface area contributed by atoms with Gasteiger partial charge in [-0.2, -0.15) is 0 Å². The van der Waals surface area contributed by atoms with Gasteiger partial charge in [0.1, 0.15) is 11.6 Å². The summed E-state index contributed by atoms with van der Waals surface area (Å²) in [5.74, 6) is 2.50. The zero-order chi connectivity index (χ0) is 21.1. The third-order valence-corrected chi connectivity index (χ3v) is 6.43. The SMILES string of the molecule is CC(=O)N1CCc2nc(C3CCCN(C)C3)nc(N(C)CCc3ccccc3)c2C1. The number of aromatic nitrogens is 2. The Kier molecular flexibility index (Phi) is 6.32. The minimum atomic E-state index is 0.122. The van der Waals surface area contributed by atoms with E-state index < -0.39 is 0 Å². The van der Waals surface area contributed by atoms with Gasteiger partial charge in [-0.15, -0.1) is 0 Å². The van der Waals surface area contributed by atoms with Crippen LogP contribution in [0.25, 0.3) is 0 Å². The number of hydrogen-bond acceptors (Lipinski definition) is 5. The molecule has 160 valence electrons. The second-order valence-electron chi connectivity index (χ2n) is 8.78. The quantitative estimate of drug-likeness (QED) is 0.763. The van der Waals surface area contributed by atoms with Crippen molar-refractivity contribution >= 4 is 11.7 Å². The Morgan fingerprint density at radius 1 is 1.20 bits per heavy atom. The zero-order valence-corrected chi connectivity index (χ0v) is 18.5. The van der Waals surface area contributed by atoms with Crippen LogP contribution in [0.3, 0.4) is 0 Å². The van der Waals surface area contributed by atoms with Crippen molar-refractivity contribution in [1.82, 2.24) is 19.8 Å². The third-order valence-electron chi connectivity index (χ3n) is 6.43. The second kappa shape index (κ2) is 9.13. The highest BCUT2D eigenvalue weighted by molar-refractivity contribution is 5.74. The Balaban J connectivity index is 1.63. The van der Waals surface area contributed by atoms with E-state index in [1.165, 1.54) is 12.0 Å². The first-order valence-corrected chi connectivity index (χ1v) is 11.1. The van der Waals surface area contributed by atoms with E-state index in [1.54, 1.807) is 6.92 Å². The normalized spacial score (nSPS) is 19.4. The minimum absolute atomic E-state index is 0.122. The van der Waals surface area contributed by atoms with Gasteiger partial charge < -0.3 is 14.7 Å². The number of benzene rings is 1. The Hall–Kier alpha value is -2.47. The van der Waals surface area contributed by atoms with Crippen molar-refractivity contribution in [2.24, 2.45) is 0 Å². The molecule has 0 bridgehead atoms. The molecule has 0 aliphatic carbocycles. The molecule has 0 radical (unpaired) electrons. The zero-order valence-electron chi connectivity index (χ0n) is 18.5. The molecule has 1 fully saturated rings. The summed E-state index contributed by atoms with van der Waals surface area (Å²) in [5, 5.41) is 0. The van der Waals surface area contributed by atoms with E-state index >= 15 is 0 Å². The number of fused-ring (bicyclic) bond motifs is 1. The molecule has 1 aromatic carbocycles. The van der Waals surface area contributed by atoms with Crippen LogP contribution in [0.1, 0.15) is 48.3 Å². The van der Waals surface area contributed by atoms with E-state index in [1.807, 2.05) is 4.90 Å². The predicted molar refractivity (Wildman–Crippen MR) is 120 cm³/mol. The molecular weight excluding hydrogens is 374 g/mol. The van der Waals surface area contributed by atoms with Gasteiger partial charge in [0, 0.05) is 51.5 Å². The number of carbonyl (C=O) groups is 1. The predicted octanol–water partition coefficient (Wildman–Crippen LogP) is 2.87. The van der Waals surface area contributed by atoms with Gasteiger partial charge >= 0.3 is 0 Å². The molecule has 1 atom stereocenters. The molecule has 0 spiro atoms. The number of likely N-dealkylation sites (tertiary alicyclic amines) is 1. The fourth-order valence-electron chi connectivity index (χ4n) is 4.61. The van der Waals surface area contributed by atoms with Crippen molar-refractivity contribution in [2.45, 2.75) is 45.1 Å². The fraction of sp³-hybridized carbons (Fsp3) is 0.542. The van der Waals surface area contributed by atoms with Crippen LogP contribution in [0.15, 0.2) is 30.3 Å². The van der Waals surface area contributed by atoms with Crippen molar-refractivity contribution < 1.29 is 4.79 Å². The van der Waals surface area contributed by atoms with Crippen LogP contribution in [0.5, 0.6) is 0 Å². The molecule has 4 rings (SSSR count). The molecule has 3 heterocycles. The Morgan fingerprint density at radius 3 is 2.73 bits per heavy atom. The van der Waals surface area contributed by atoms with Crippen LogP contribution in [0.4, 0.5) is 5.82 Å². The topological polar surface area (TPSA) is 52.6 Å². The number of anilines is 1. The molecule has 1 saturated heterocycles. The molecule has 2 aliphatic heterocycles. The van der Waals surface area contributed by atoms with Gasteiger partial charge in [0.25, 0.3) is 0 Å². The van der Waals surface area contributed by atoms with Gasteiger partial charge in [-0.25, -0.2) is 9.97 Å². The van der Waals surface area contributed by atoms with Crippen molar-refractivity contribution in [3.8, 4) is 0 Å². The largest absolute Gasteiger partial charge is 0.359 e. The number of rotatable bonds is 5. The maximum absolute atomic E-state index is 12.0. The highest BCUT2D eigenvalue weighted by Gasteiger charge is 2.28. The maximum atomic E-state index is 12.0. The smallest absolute Gasteiger partial charge is 0.219 e. The molecule has 0 saturated carbocycles. The lowest BCUT2D eigenvalue weighted by Crippen LogP contribution is -2.38. The highest BCUT2D eigenvalue weighted by atomic mass is 16.2. The van der Waals surface area contributed by atoms with E-state index in [0.29, 0.717) is 12.5 Å². The molecule has 6 nitrogen and oxygen atoms in total. The standard InChI is InChI=1S/C24H33N5O/c1-18(30)29-15-12-22-21(17-29)24(28(3)14-11-19-8-5-4-6-9-19)26-23(25-22)20-10-7-13-27(2)16-20/h4-6,8-9,20H,7,10-17H2,1-3H3. The lowest BCUT2D eigenvalue weighted by Gasteiger charge is -2.33. The van der Waals surface area contributed by atoms with Crippen LogP contribution in [-0.2, 0) is 24.2 Å². The van der Waals surface area contributed by atoms with Crippen molar-refractivity contribution in [3.63, 3.8) is 0 Å². The lowest BCUT2D eigenvalue weighted by molar-refractivity contribution is -0.129. The summed E-state index contributed by atoms with van der Waals surface area (Å²) in [6, 6.07) is 10.6. The van der Waals surface area contributed by atoms with E-state index in [2.05, 4.69) is 54.2 Å². The van der Waals surface area contributed by atoms with Crippen molar-refractivity contribution in [1.29, 1.82) is 0 Å². The number of amides is 1. The van der Waals surface area contributed by atoms with E-state index in [0.717, 1.165) is 68.3 Å². The first kappa shape index (κ1) is 20.8. The van der Waals surface area contributed by atoms with Crippen LogP contribution < -0.4 is 4.90 Å². The molecule has 30 heavy (non-hydrogen) atoms. The first-order chi connectivity index (χ1) is 14.5. The second-order valence-corrected chi connectivity index (χ2v) is 8.78. The molecule has 1 unspecified atom stereocenters. The Morgan fingerprint density at radius 2 is 2.00 bits per heavy atom. The summed E-state index contributed by atoms with van der Waals surface area (Å²) in [5.41, 5.74) is 3.58. The van der Waals surface area contributed by atoms with Gasteiger partial charge in [-0.3, -0.25) is 4.79 Å². The highest BCUT2D eigenvalue weighted by Crippen LogP contribution is 2.31. The molecule has 1 amide bonds. The molecular formula is C24H33N5O. The summed E-state index contributed by atoms with van der Waals surface area (Å²) < 4.78 is 0. The molecule has 0 N–H and O–H groups in total. The van der Waals surface area contributed by atoms with Gasteiger partial charge in [0.2, 0.25) is 5.91 Å². The van der Waals surface area contributed by atoms with Crippen LogP contribution in [0, 0.1) is 0 Å². The maximum Gasteiger partial charge on any atom is 0.219 e. The van der Waals surface area contributed by atoms with Crippen LogP contribution in [0.2, 0.25) is 0 Å². The lowest BCUT2D eigenvalue weighted by atomic mass is 9.96. The van der Waals surface area contributed by atoms with E-state index in [9.17, 15) is 4.79 Å². The minimum Gasteiger partial charge on any atom is -0.359 e. The van der Waals surface area contributed by atoms with E-state index in [-0.39, 0.29) is 5.91 Å². The summed E-state index contributed by atoms with van der Waals surface area (Å²) >= 11 is 0. The number of hydrogen-bond donors (Lipinski definition) is 0. The molecule has 2 aromatic rings. The third kappa shape index (κ3) is 4.64. The number of likely N-dealkylation sites (N-methyl/N-ethyl adjacent to an activating group) is 2. The average molecular weight is 408 g/mol. The Bertz CT molecular complexity index is 885. The molecule has 1 aromatic heterocycles. The summed E-state index contributed by atoms with van der Waals surface area (Å²) in [4.78, 5) is 28.7. The molecule has 6 heteroatoms. The van der Waals surface area contributed by atoms with Crippen molar-refractivity contribution in [3.05, 3.63) is 53.0 Å². The van der Waals surface area contributed by atoms with Gasteiger partial charge in [-0.05, 0) is 38.4 Å². The number of carbonyl (C=O) groups excluding carboxylic acids is 1. The van der Waals surface area contributed by atoms with Crippen LogP contribution in [-0.4, -0.2) is 65.9 Å². The number of piperidine rings is 1. The van der Waals surface area contributed by atoms with Crippen LogP contribution >= 0.6 is 0 Å². The van der Waals surface area contributed by atoms with Gasteiger partial charge in [-0.1, -0.05) is 30.3 Å². The van der Waals surface area contributed by atoms with E-state index in [4.69, 9.17) is 9.97 Å².